The molecule has 0 aliphatic carbocycles. The lowest BCUT2D eigenvalue weighted by Gasteiger charge is -2.30. The Balaban J connectivity index is 1.42. The van der Waals surface area contributed by atoms with E-state index in [2.05, 4.69) is 10.6 Å². The molecule has 2 N–H and O–H groups in total. The van der Waals surface area contributed by atoms with Crippen molar-refractivity contribution in [1.29, 1.82) is 0 Å². The average molecular weight is 485 g/mol. The first-order chi connectivity index (χ1) is 14.8. The number of carbonyl (C=O) groups is 3. The number of hydrogen-bond acceptors (Lipinski definition) is 4. The number of halogens is 3. The van der Waals surface area contributed by atoms with Gasteiger partial charge in [0.2, 0.25) is 0 Å². The molecule has 3 rings (SSSR count). The summed E-state index contributed by atoms with van der Waals surface area (Å²) < 4.78 is 5.13. The fraction of sp³-hybridized carbons (Fsp3) is 0.286. The zero-order valence-corrected chi connectivity index (χ0v) is 18.6. The third kappa shape index (κ3) is 6.50. The highest BCUT2D eigenvalue weighted by Gasteiger charge is 2.28. The number of piperidine rings is 1. The van der Waals surface area contributed by atoms with Crippen LogP contribution in [0.4, 0.5) is 16.2 Å². The highest BCUT2D eigenvalue weighted by Crippen LogP contribution is 2.32. The van der Waals surface area contributed by atoms with Crippen LogP contribution in [0.15, 0.2) is 42.5 Å². The summed E-state index contributed by atoms with van der Waals surface area (Å²) in [4.78, 5) is 38.4. The average Bonchev–Trinajstić information content (AvgIpc) is 2.76. The van der Waals surface area contributed by atoms with Gasteiger partial charge in [-0.25, -0.2) is 4.79 Å². The van der Waals surface area contributed by atoms with Gasteiger partial charge in [-0.1, -0.05) is 53.0 Å². The molecule has 0 saturated carbocycles. The smallest absolute Gasteiger partial charge is 0.321 e. The van der Waals surface area contributed by atoms with Crippen molar-refractivity contribution < 1.29 is 19.1 Å². The summed E-state index contributed by atoms with van der Waals surface area (Å²) in [5.74, 6) is -1.39. The second kappa shape index (κ2) is 10.7. The topological polar surface area (TPSA) is 87.7 Å². The van der Waals surface area contributed by atoms with Crippen molar-refractivity contribution in [3.05, 3.63) is 57.5 Å². The second-order valence-corrected chi connectivity index (χ2v) is 8.18. The largest absolute Gasteiger partial charge is 0.455 e. The molecule has 0 unspecified atom stereocenters. The Hall–Kier alpha value is -2.48. The van der Waals surface area contributed by atoms with E-state index >= 15 is 0 Å². The standard InChI is InChI=1S/C21H20Cl3N3O4/c22-15-10-17(24)18(11-16(15)23)26-19(28)12-31-20(29)13-6-8-27(9-7-13)21(30)25-14-4-2-1-3-5-14/h1-5,10-11,13H,6-9,12H2,(H,25,30)(H,26,28). The van der Waals surface area contributed by atoms with Gasteiger partial charge >= 0.3 is 12.0 Å². The molecule has 7 nitrogen and oxygen atoms in total. The summed E-state index contributed by atoms with van der Waals surface area (Å²) >= 11 is 17.8. The minimum Gasteiger partial charge on any atom is -0.455 e. The molecule has 1 saturated heterocycles. The molecule has 1 heterocycles. The molecule has 31 heavy (non-hydrogen) atoms. The molecule has 0 spiro atoms. The van der Waals surface area contributed by atoms with E-state index in [-0.39, 0.29) is 32.7 Å². The van der Waals surface area contributed by atoms with Gasteiger partial charge in [0.1, 0.15) is 0 Å². The van der Waals surface area contributed by atoms with Crippen LogP contribution in [0.1, 0.15) is 12.8 Å². The number of esters is 1. The van der Waals surface area contributed by atoms with Gasteiger partial charge in [0, 0.05) is 18.8 Å². The van der Waals surface area contributed by atoms with E-state index in [1.807, 2.05) is 18.2 Å². The fourth-order valence-corrected chi connectivity index (χ4v) is 3.70. The second-order valence-electron chi connectivity index (χ2n) is 6.96. The quantitative estimate of drug-likeness (QED) is 0.458. The third-order valence-corrected chi connectivity index (χ3v) is 5.80. The van der Waals surface area contributed by atoms with Gasteiger partial charge in [-0.2, -0.15) is 0 Å². The Labute approximate surface area is 194 Å². The number of amides is 3. The van der Waals surface area contributed by atoms with Crippen molar-refractivity contribution in [2.45, 2.75) is 12.8 Å². The lowest BCUT2D eigenvalue weighted by molar-refractivity contribution is -0.152. The molecule has 1 aliphatic heterocycles. The van der Waals surface area contributed by atoms with E-state index in [1.165, 1.54) is 12.1 Å². The molecule has 164 valence electrons. The van der Waals surface area contributed by atoms with E-state index in [0.29, 0.717) is 31.6 Å². The SMILES string of the molecule is O=C(COC(=O)C1CCN(C(=O)Nc2ccccc2)CC1)Nc1cc(Cl)c(Cl)cc1Cl. The molecule has 3 amide bonds. The van der Waals surface area contributed by atoms with Crippen LogP contribution in [-0.4, -0.2) is 42.5 Å². The molecule has 1 aliphatic rings. The number of nitrogens with one attached hydrogen (secondary N) is 2. The minimum atomic E-state index is -0.548. The van der Waals surface area contributed by atoms with Crippen LogP contribution in [0.2, 0.25) is 15.1 Å². The van der Waals surface area contributed by atoms with Crippen molar-refractivity contribution >= 4 is 64.1 Å². The van der Waals surface area contributed by atoms with Crippen LogP contribution in [0.25, 0.3) is 0 Å². The number of benzene rings is 2. The zero-order chi connectivity index (χ0) is 22.4. The molecule has 1 fully saturated rings. The summed E-state index contributed by atoms with van der Waals surface area (Å²) in [6.07, 6.45) is 0.919. The Bertz CT molecular complexity index is 964. The number of likely N-dealkylation sites (tertiary alicyclic amines) is 1. The molecule has 2 aromatic rings. The summed E-state index contributed by atoms with van der Waals surface area (Å²) in [5, 5.41) is 6.07. The predicted octanol–water partition coefficient (Wildman–Crippen LogP) is 5.07. The highest BCUT2D eigenvalue weighted by molar-refractivity contribution is 6.44. The van der Waals surface area contributed by atoms with Crippen molar-refractivity contribution in [3.8, 4) is 0 Å². The fourth-order valence-electron chi connectivity index (χ4n) is 3.10. The molecular weight excluding hydrogens is 465 g/mol. The lowest BCUT2D eigenvalue weighted by atomic mass is 9.97. The van der Waals surface area contributed by atoms with Crippen LogP contribution < -0.4 is 10.6 Å². The number of hydrogen-bond donors (Lipinski definition) is 2. The zero-order valence-electron chi connectivity index (χ0n) is 16.4. The predicted molar refractivity (Wildman–Crippen MR) is 121 cm³/mol. The molecule has 10 heteroatoms. The molecule has 2 aromatic carbocycles. The molecule has 0 atom stereocenters. The van der Waals surface area contributed by atoms with Crippen molar-refractivity contribution in [1.82, 2.24) is 4.90 Å². The Morgan fingerprint density at radius 2 is 1.58 bits per heavy atom. The summed E-state index contributed by atoms with van der Waals surface area (Å²) in [6.45, 7) is 0.386. The normalized spacial score (nSPS) is 14.1. The minimum absolute atomic E-state index is 0.212. The van der Waals surface area contributed by atoms with Gasteiger partial charge < -0.3 is 20.3 Å². The summed E-state index contributed by atoms with van der Waals surface area (Å²) in [6, 6.07) is 11.8. The number of urea groups is 1. The van der Waals surface area contributed by atoms with Crippen molar-refractivity contribution in [2.75, 3.05) is 30.3 Å². The van der Waals surface area contributed by atoms with Crippen molar-refractivity contribution in [3.63, 3.8) is 0 Å². The number of carbonyl (C=O) groups excluding carboxylic acids is 3. The van der Waals surface area contributed by atoms with Crippen LogP contribution >= 0.6 is 34.8 Å². The third-order valence-electron chi connectivity index (χ3n) is 4.77. The Morgan fingerprint density at radius 1 is 0.935 bits per heavy atom. The van der Waals surface area contributed by atoms with Crippen LogP contribution in [0, 0.1) is 5.92 Å². The van der Waals surface area contributed by atoms with Gasteiger partial charge in [-0.15, -0.1) is 0 Å². The number of para-hydroxylation sites is 1. The van der Waals surface area contributed by atoms with E-state index in [9.17, 15) is 14.4 Å². The van der Waals surface area contributed by atoms with E-state index in [0.717, 1.165) is 0 Å². The number of rotatable bonds is 5. The van der Waals surface area contributed by atoms with Crippen molar-refractivity contribution in [2.24, 2.45) is 5.92 Å². The molecular formula is C21H20Cl3N3O4. The van der Waals surface area contributed by atoms with E-state index in [4.69, 9.17) is 39.5 Å². The van der Waals surface area contributed by atoms with E-state index in [1.54, 1.807) is 17.0 Å². The van der Waals surface area contributed by atoms with Crippen LogP contribution in [0.5, 0.6) is 0 Å². The molecule has 0 aromatic heterocycles. The maximum Gasteiger partial charge on any atom is 0.321 e. The molecule has 0 bridgehead atoms. The highest BCUT2D eigenvalue weighted by atomic mass is 35.5. The van der Waals surface area contributed by atoms with Gasteiger partial charge in [0.15, 0.2) is 6.61 Å². The maximum absolute atomic E-state index is 12.3. The Kier molecular flexibility index (Phi) is 8.01. The monoisotopic (exact) mass is 483 g/mol. The van der Waals surface area contributed by atoms with E-state index < -0.39 is 18.5 Å². The first-order valence-corrected chi connectivity index (χ1v) is 10.7. The Morgan fingerprint density at radius 3 is 2.26 bits per heavy atom. The number of nitrogens with zero attached hydrogens (tertiary/aromatic N) is 1. The number of ether oxygens (including phenoxy) is 1. The van der Waals surface area contributed by atoms with Crippen LogP contribution in [-0.2, 0) is 14.3 Å². The lowest BCUT2D eigenvalue weighted by Crippen LogP contribution is -2.43. The molecule has 0 radical (unpaired) electrons. The van der Waals surface area contributed by atoms with Crippen LogP contribution in [0.3, 0.4) is 0 Å². The maximum atomic E-state index is 12.3. The van der Waals surface area contributed by atoms with Gasteiger partial charge in [0.05, 0.1) is 26.7 Å². The van der Waals surface area contributed by atoms with Gasteiger partial charge in [-0.3, -0.25) is 9.59 Å². The number of anilines is 2. The summed E-state index contributed by atoms with van der Waals surface area (Å²) in [5.41, 5.74) is 0.983. The first kappa shape index (κ1) is 23.2. The first-order valence-electron chi connectivity index (χ1n) is 9.55. The summed E-state index contributed by atoms with van der Waals surface area (Å²) in [7, 11) is 0. The van der Waals surface area contributed by atoms with Gasteiger partial charge in [-0.05, 0) is 37.1 Å². The van der Waals surface area contributed by atoms with Gasteiger partial charge in [0.25, 0.3) is 5.91 Å².